The molecular weight excluding hydrogens is 317 g/mol. The maximum absolute atomic E-state index is 13.6. The molecule has 0 atom stereocenters. The van der Waals surface area contributed by atoms with E-state index in [1.165, 1.54) is 24.3 Å². The van der Waals surface area contributed by atoms with Gasteiger partial charge in [-0.3, -0.25) is 4.72 Å². The predicted molar refractivity (Wildman–Crippen MR) is 77.8 cm³/mol. The van der Waals surface area contributed by atoms with Crippen LogP contribution in [0, 0.1) is 17.1 Å². The van der Waals surface area contributed by atoms with Crippen LogP contribution in [0.3, 0.4) is 0 Å². The molecule has 0 aliphatic rings. The Labute approximate surface area is 125 Å². The van der Waals surface area contributed by atoms with Gasteiger partial charge in [0.05, 0.1) is 21.2 Å². The van der Waals surface area contributed by atoms with Crippen molar-refractivity contribution in [2.24, 2.45) is 0 Å². The normalized spacial score (nSPS) is 10.9. The molecule has 0 spiro atoms. The van der Waals surface area contributed by atoms with Gasteiger partial charge in [-0.05, 0) is 30.3 Å². The fraction of sp³-hybridized carbons (Fsp3) is 0. The van der Waals surface area contributed by atoms with Crippen LogP contribution < -0.4 is 10.5 Å². The Morgan fingerprint density at radius 2 is 2.00 bits per heavy atom. The molecule has 0 saturated carbocycles. The van der Waals surface area contributed by atoms with Crippen LogP contribution in [0.15, 0.2) is 41.3 Å². The molecule has 0 radical (unpaired) electrons. The third kappa shape index (κ3) is 3.07. The highest BCUT2D eigenvalue weighted by atomic mass is 35.5. The average Bonchev–Trinajstić information content (AvgIpc) is 2.43. The van der Waals surface area contributed by atoms with Crippen molar-refractivity contribution in [3.63, 3.8) is 0 Å². The number of sulfonamides is 1. The van der Waals surface area contributed by atoms with Crippen molar-refractivity contribution in [3.8, 4) is 6.07 Å². The highest BCUT2D eigenvalue weighted by molar-refractivity contribution is 7.92. The quantitative estimate of drug-likeness (QED) is 0.848. The van der Waals surface area contributed by atoms with Crippen molar-refractivity contribution in [3.05, 3.63) is 52.8 Å². The molecule has 0 aliphatic heterocycles. The number of rotatable bonds is 3. The Morgan fingerprint density at radius 3 is 2.57 bits per heavy atom. The number of nitrogen functional groups attached to an aromatic ring is 1. The molecule has 2 aromatic rings. The van der Waals surface area contributed by atoms with Gasteiger partial charge in [0.2, 0.25) is 0 Å². The first-order chi connectivity index (χ1) is 9.85. The number of hydrogen-bond donors (Lipinski definition) is 2. The smallest absolute Gasteiger partial charge is 0.262 e. The highest BCUT2D eigenvalue weighted by Crippen LogP contribution is 2.26. The van der Waals surface area contributed by atoms with Gasteiger partial charge >= 0.3 is 0 Å². The maximum Gasteiger partial charge on any atom is 0.262 e. The molecule has 21 heavy (non-hydrogen) atoms. The average molecular weight is 326 g/mol. The van der Waals surface area contributed by atoms with Gasteiger partial charge in [0.1, 0.15) is 17.6 Å². The molecule has 0 amide bonds. The first-order valence-electron chi connectivity index (χ1n) is 5.61. The number of nitrogens with zero attached hydrogens (tertiary/aromatic N) is 1. The second-order valence-corrected chi connectivity index (χ2v) is 6.15. The number of halogens is 2. The highest BCUT2D eigenvalue weighted by Gasteiger charge is 2.19. The minimum atomic E-state index is -4.07. The summed E-state index contributed by atoms with van der Waals surface area (Å²) in [5.74, 6) is -0.793. The molecule has 2 rings (SSSR count). The van der Waals surface area contributed by atoms with Crippen molar-refractivity contribution in [1.29, 1.82) is 5.26 Å². The van der Waals surface area contributed by atoms with E-state index in [1.807, 2.05) is 6.07 Å². The minimum Gasteiger partial charge on any atom is -0.397 e. The van der Waals surface area contributed by atoms with Gasteiger partial charge in [0.15, 0.2) is 0 Å². The van der Waals surface area contributed by atoms with Gasteiger partial charge in [0, 0.05) is 0 Å². The third-order valence-electron chi connectivity index (χ3n) is 2.65. The summed E-state index contributed by atoms with van der Waals surface area (Å²) in [7, 11) is -4.07. The van der Waals surface area contributed by atoms with E-state index in [0.717, 1.165) is 12.1 Å². The van der Waals surface area contributed by atoms with Crippen LogP contribution in [0.4, 0.5) is 15.8 Å². The molecule has 0 saturated heterocycles. The Balaban J connectivity index is 2.44. The summed E-state index contributed by atoms with van der Waals surface area (Å²) in [5.41, 5.74) is 5.31. The lowest BCUT2D eigenvalue weighted by Crippen LogP contribution is -2.15. The van der Waals surface area contributed by atoms with Gasteiger partial charge in [-0.25, -0.2) is 12.8 Å². The summed E-state index contributed by atoms with van der Waals surface area (Å²) in [4.78, 5) is -0.200. The van der Waals surface area contributed by atoms with E-state index in [0.29, 0.717) is 0 Å². The van der Waals surface area contributed by atoms with Crippen LogP contribution in [-0.2, 0) is 10.0 Å². The summed E-state index contributed by atoms with van der Waals surface area (Å²) in [5, 5.41) is 8.74. The number of benzene rings is 2. The maximum atomic E-state index is 13.6. The number of para-hydroxylation sites is 1. The fourth-order valence-corrected chi connectivity index (χ4v) is 3.01. The van der Waals surface area contributed by atoms with E-state index in [1.54, 1.807) is 0 Å². The Kier molecular flexibility index (Phi) is 4.02. The second-order valence-electron chi connectivity index (χ2n) is 4.06. The van der Waals surface area contributed by atoms with Crippen LogP contribution in [0.25, 0.3) is 0 Å². The Bertz CT molecular complexity index is 827. The van der Waals surface area contributed by atoms with Crippen LogP contribution in [0.1, 0.15) is 5.56 Å². The zero-order valence-electron chi connectivity index (χ0n) is 10.5. The SMILES string of the molecule is N#Cc1ccc(S(=O)(=O)Nc2c(N)cccc2F)cc1Cl. The molecule has 0 heterocycles. The van der Waals surface area contributed by atoms with E-state index in [2.05, 4.69) is 4.72 Å². The van der Waals surface area contributed by atoms with Gasteiger partial charge in [0.25, 0.3) is 10.0 Å². The summed E-state index contributed by atoms with van der Waals surface area (Å²) in [6.07, 6.45) is 0. The van der Waals surface area contributed by atoms with Crippen molar-refractivity contribution in [2.45, 2.75) is 4.90 Å². The lowest BCUT2D eigenvalue weighted by molar-refractivity contribution is 0.598. The van der Waals surface area contributed by atoms with E-state index >= 15 is 0 Å². The molecule has 0 aliphatic carbocycles. The number of hydrogen-bond acceptors (Lipinski definition) is 4. The third-order valence-corrected chi connectivity index (χ3v) is 4.31. The summed E-state index contributed by atoms with van der Waals surface area (Å²) < 4.78 is 40.1. The predicted octanol–water partition coefficient (Wildman–Crippen LogP) is 2.73. The van der Waals surface area contributed by atoms with Crippen molar-refractivity contribution < 1.29 is 12.8 Å². The van der Waals surface area contributed by atoms with Gasteiger partial charge in [-0.2, -0.15) is 5.26 Å². The molecule has 0 unspecified atom stereocenters. The van der Waals surface area contributed by atoms with E-state index < -0.39 is 15.8 Å². The summed E-state index contributed by atoms with van der Waals surface area (Å²) in [6, 6.07) is 9.20. The fourth-order valence-electron chi connectivity index (χ4n) is 1.60. The zero-order chi connectivity index (χ0) is 15.6. The van der Waals surface area contributed by atoms with E-state index in [-0.39, 0.29) is 26.9 Å². The Hall–Kier alpha value is -2.30. The molecule has 0 fully saturated rings. The zero-order valence-corrected chi connectivity index (χ0v) is 12.0. The summed E-state index contributed by atoms with van der Waals surface area (Å²) in [6.45, 7) is 0. The van der Waals surface area contributed by atoms with Crippen molar-refractivity contribution >= 4 is 33.0 Å². The lowest BCUT2D eigenvalue weighted by atomic mass is 10.2. The second kappa shape index (κ2) is 5.60. The number of nitriles is 1. The first-order valence-corrected chi connectivity index (χ1v) is 7.48. The molecule has 2 aromatic carbocycles. The monoisotopic (exact) mass is 325 g/mol. The molecular formula is C13H9ClFN3O2S. The molecule has 108 valence electrons. The standard InChI is InChI=1S/C13H9ClFN3O2S/c14-10-6-9(5-4-8(10)7-16)21(19,20)18-13-11(15)2-1-3-12(13)17/h1-6,18H,17H2. The van der Waals surface area contributed by atoms with Crippen molar-refractivity contribution in [1.82, 2.24) is 0 Å². The van der Waals surface area contributed by atoms with Crippen LogP contribution in [0.5, 0.6) is 0 Å². The minimum absolute atomic E-state index is 0.0121. The molecule has 5 nitrogen and oxygen atoms in total. The van der Waals surface area contributed by atoms with E-state index in [9.17, 15) is 12.8 Å². The number of anilines is 2. The van der Waals surface area contributed by atoms with Crippen LogP contribution >= 0.6 is 11.6 Å². The summed E-state index contributed by atoms with van der Waals surface area (Å²) >= 11 is 5.79. The number of nitrogens with two attached hydrogens (primary N) is 1. The van der Waals surface area contributed by atoms with Gasteiger partial charge < -0.3 is 5.73 Å². The largest absolute Gasteiger partial charge is 0.397 e. The first kappa shape index (κ1) is 15.1. The lowest BCUT2D eigenvalue weighted by Gasteiger charge is -2.11. The van der Waals surface area contributed by atoms with Gasteiger partial charge in [-0.15, -0.1) is 0 Å². The molecule has 3 N–H and O–H groups in total. The van der Waals surface area contributed by atoms with E-state index in [4.69, 9.17) is 22.6 Å². The topological polar surface area (TPSA) is 96.0 Å². The Morgan fingerprint density at radius 1 is 1.29 bits per heavy atom. The molecule has 0 bridgehead atoms. The molecule has 8 heteroatoms. The molecule has 0 aromatic heterocycles. The number of nitrogens with one attached hydrogen (secondary N) is 1. The van der Waals surface area contributed by atoms with Crippen molar-refractivity contribution in [2.75, 3.05) is 10.5 Å². The van der Waals surface area contributed by atoms with Gasteiger partial charge in [-0.1, -0.05) is 17.7 Å². The van der Waals surface area contributed by atoms with Crippen LogP contribution in [-0.4, -0.2) is 8.42 Å². The van der Waals surface area contributed by atoms with Crippen LogP contribution in [0.2, 0.25) is 5.02 Å².